The fraction of sp³-hybridized carbons (Fsp3) is 0.692. The Morgan fingerprint density at radius 2 is 2.17 bits per heavy atom. The third-order valence-electron chi connectivity index (χ3n) is 3.73. The number of aromatic amines is 1. The first-order valence-corrected chi connectivity index (χ1v) is 6.83. The van der Waals surface area contributed by atoms with Crippen molar-refractivity contribution in [3.8, 4) is 0 Å². The molecule has 0 aliphatic heterocycles. The van der Waals surface area contributed by atoms with E-state index < -0.39 is 0 Å². The summed E-state index contributed by atoms with van der Waals surface area (Å²) in [6.07, 6.45) is 7.09. The smallest absolute Gasteiger partial charge is 0.273 e. The van der Waals surface area contributed by atoms with Crippen molar-refractivity contribution in [2.45, 2.75) is 45.4 Å². The lowest BCUT2D eigenvalue weighted by Gasteiger charge is -2.21. The zero-order chi connectivity index (χ0) is 13.0. The Morgan fingerprint density at radius 1 is 1.44 bits per heavy atom. The van der Waals surface area contributed by atoms with Crippen LogP contribution in [-0.4, -0.2) is 22.6 Å². The largest absolute Gasteiger partial charge is 0.395 e. The van der Waals surface area contributed by atoms with Gasteiger partial charge in [0.1, 0.15) is 0 Å². The molecule has 0 atom stereocenters. The van der Waals surface area contributed by atoms with E-state index in [0.717, 1.165) is 18.7 Å². The number of hydrogen-bond donors (Lipinski definition) is 3. The van der Waals surface area contributed by atoms with Crippen LogP contribution in [0.25, 0.3) is 0 Å². The summed E-state index contributed by atoms with van der Waals surface area (Å²) < 4.78 is 0. The molecule has 1 aromatic heterocycles. The standard InChI is InChI=1S/C13H22N4O/c1-2-10-11(14)12(17-16-10)13(18)15-8-9-6-4-3-5-7-9/h9H,2-8,14H2,1H3,(H,15,18)(H,16,17). The van der Waals surface area contributed by atoms with Gasteiger partial charge in [-0.2, -0.15) is 5.10 Å². The Kier molecular flexibility index (Phi) is 4.23. The molecule has 1 aromatic rings. The molecule has 1 aliphatic rings. The van der Waals surface area contributed by atoms with E-state index in [-0.39, 0.29) is 5.91 Å². The lowest BCUT2D eigenvalue weighted by atomic mass is 9.89. The predicted octanol–water partition coefficient (Wildman–Crippen LogP) is 1.86. The van der Waals surface area contributed by atoms with Gasteiger partial charge in [-0.05, 0) is 25.2 Å². The zero-order valence-electron chi connectivity index (χ0n) is 11.0. The van der Waals surface area contributed by atoms with Crippen LogP contribution >= 0.6 is 0 Å². The normalized spacial score (nSPS) is 16.7. The summed E-state index contributed by atoms with van der Waals surface area (Å²) in [5.41, 5.74) is 7.52. The molecule has 100 valence electrons. The van der Waals surface area contributed by atoms with Crippen molar-refractivity contribution in [2.24, 2.45) is 5.92 Å². The molecular weight excluding hydrogens is 228 g/mol. The van der Waals surface area contributed by atoms with E-state index in [1.54, 1.807) is 0 Å². The molecule has 0 saturated heterocycles. The van der Waals surface area contributed by atoms with Gasteiger partial charge in [0, 0.05) is 6.54 Å². The van der Waals surface area contributed by atoms with Crippen molar-refractivity contribution in [3.05, 3.63) is 11.4 Å². The molecular formula is C13H22N4O. The predicted molar refractivity (Wildman–Crippen MR) is 71.3 cm³/mol. The van der Waals surface area contributed by atoms with Crippen LogP contribution in [0.3, 0.4) is 0 Å². The van der Waals surface area contributed by atoms with Gasteiger partial charge in [0.2, 0.25) is 0 Å². The molecule has 0 radical (unpaired) electrons. The summed E-state index contributed by atoms with van der Waals surface area (Å²) in [4.78, 5) is 12.0. The molecule has 0 spiro atoms. The van der Waals surface area contributed by atoms with Gasteiger partial charge in [-0.3, -0.25) is 9.89 Å². The van der Waals surface area contributed by atoms with Crippen molar-refractivity contribution in [3.63, 3.8) is 0 Å². The maximum atomic E-state index is 12.0. The molecule has 1 aliphatic carbocycles. The van der Waals surface area contributed by atoms with Crippen molar-refractivity contribution < 1.29 is 4.79 Å². The number of hydrogen-bond acceptors (Lipinski definition) is 3. The van der Waals surface area contributed by atoms with Crippen LogP contribution in [0.2, 0.25) is 0 Å². The highest BCUT2D eigenvalue weighted by Gasteiger charge is 2.18. The molecule has 1 fully saturated rings. The lowest BCUT2D eigenvalue weighted by molar-refractivity contribution is 0.0939. The van der Waals surface area contributed by atoms with Crippen LogP contribution in [0.5, 0.6) is 0 Å². The summed E-state index contributed by atoms with van der Waals surface area (Å²) in [6, 6.07) is 0. The molecule has 0 aromatic carbocycles. The average molecular weight is 250 g/mol. The number of H-pyrrole nitrogens is 1. The SMILES string of the molecule is CCc1[nH]nc(C(=O)NCC2CCCCC2)c1N. The summed E-state index contributed by atoms with van der Waals surface area (Å²) in [6.45, 7) is 2.72. The van der Waals surface area contributed by atoms with Gasteiger partial charge in [-0.15, -0.1) is 0 Å². The minimum absolute atomic E-state index is 0.158. The van der Waals surface area contributed by atoms with E-state index in [4.69, 9.17) is 5.73 Å². The maximum absolute atomic E-state index is 12.0. The second-order valence-electron chi connectivity index (χ2n) is 5.03. The van der Waals surface area contributed by atoms with Crippen LogP contribution in [0.15, 0.2) is 0 Å². The van der Waals surface area contributed by atoms with E-state index in [2.05, 4.69) is 15.5 Å². The Labute approximate surface area is 108 Å². The number of nitrogens with two attached hydrogens (primary N) is 1. The first-order valence-electron chi connectivity index (χ1n) is 6.83. The second kappa shape index (κ2) is 5.89. The van der Waals surface area contributed by atoms with E-state index >= 15 is 0 Å². The highest BCUT2D eigenvalue weighted by atomic mass is 16.1. The van der Waals surface area contributed by atoms with E-state index in [0.29, 0.717) is 17.3 Å². The molecule has 5 nitrogen and oxygen atoms in total. The highest BCUT2D eigenvalue weighted by molar-refractivity contribution is 5.97. The number of aromatic nitrogens is 2. The van der Waals surface area contributed by atoms with Gasteiger partial charge >= 0.3 is 0 Å². The lowest BCUT2D eigenvalue weighted by Crippen LogP contribution is -2.31. The molecule has 1 amide bonds. The average Bonchev–Trinajstić information content (AvgIpc) is 2.78. The van der Waals surface area contributed by atoms with Crippen LogP contribution < -0.4 is 11.1 Å². The van der Waals surface area contributed by atoms with Crippen molar-refractivity contribution in [2.75, 3.05) is 12.3 Å². The monoisotopic (exact) mass is 250 g/mol. The molecule has 4 N–H and O–H groups in total. The highest BCUT2D eigenvalue weighted by Crippen LogP contribution is 2.23. The van der Waals surface area contributed by atoms with Gasteiger partial charge in [-0.25, -0.2) is 0 Å². The number of carbonyl (C=O) groups is 1. The number of nitrogens with zero attached hydrogens (tertiary/aromatic N) is 1. The third-order valence-corrected chi connectivity index (χ3v) is 3.73. The summed E-state index contributed by atoms with van der Waals surface area (Å²) in [5, 5.41) is 9.74. The van der Waals surface area contributed by atoms with Crippen molar-refractivity contribution >= 4 is 11.6 Å². The van der Waals surface area contributed by atoms with E-state index in [9.17, 15) is 4.79 Å². The molecule has 2 rings (SSSR count). The molecule has 5 heteroatoms. The summed E-state index contributed by atoms with van der Waals surface area (Å²) in [7, 11) is 0. The number of nitrogen functional groups attached to an aromatic ring is 1. The first kappa shape index (κ1) is 12.9. The quantitative estimate of drug-likeness (QED) is 0.762. The number of rotatable bonds is 4. The van der Waals surface area contributed by atoms with Gasteiger partial charge in [-0.1, -0.05) is 26.2 Å². The Bertz CT molecular complexity index is 407. The van der Waals surface area contributed by atoms with Crippen LogP contribution in [0.4, 0.5) is 5.69 Å². The molecule has 1 heterocycles. The number of nitrogens with one attached hydrogen (secondary N) is 2. The fourth-order valence-corrected chi connectivity index (χ4v) is 2.54. The minimum Gasteiger partial charge on any atom is -0.395 e. The first-order chi connectivity index (χ1) is 8.72. The topological polar surface area (TPSA) is 83.8 Å². The van der Waals surface area contributed by atoms with Crippen LogP contribution in [0.1, 0.15) is 55.2 Å². The van der Waals surface area contributed by atoms with E-state index in [1.165, 1.54) is 32.1 Å². The third kappa shape index (κ3) is 2.83. The molecule has 0 bridgehead atoms. The van der Waals surface area contributed by atoms with Crippen LogP contribution in [0, 0.1) is 5.92 Å². The molecule has 0 unspecified atom stereocenters. The van der Waals surface area contributed by atoms with Gasteiger partial charge in [0.25, 0.3) is 5.91 Å². The second-order valence-corrected chi connectivity index (χ2v) is 5.03. The van der Waals surface area contributed by atoms with Crippen LogP contribution in [-0.2, 0) is 6.42 Å². The maximum Gasteiger partial charge on any atom is 0.273 e. The molecule has 18 heavy (non-hydrogen) atoms. The zero-order valence-corrected chi connectivity index (χ0v) is 11.0. The number of aryl methyl sites for hydroxylation is 1. The van der Waals surface area contributed by atoms with Gasteiger partial charge in [0.15, 0.2) is 5.69 Å². The number of amides is 1. The minimum atomic E-state index is -0.158. The number of carbonyl (C=O) groups excluding carboxylic acids is 1. The van der Waals surface area contributed by atoms with Crippen molar-refractivity contribution in [1.82, 2.24) is 15.5 Å². The Balaban J connectivity index is 1.88. The van der Waals surface area contributed by atoms with Gasteiger partial charge in [0.05, 0.1) is 11.4 Å². The number of anilines is 1. The molecule has 1 saturated carbocycles. The van der Waals surface area contributed by atoms with Gasteiger partial charge < -0.3 is 11.1 Å². The Morgan fingerprint density at radius 3 is 2.78 bits per heavy atom. The van der Waals surface area contributed by atoms with Crippen molar-refractivity contribution in [1.29, 1.82) is 0 Å². The summed E-state index contributed by atoms with van der Waals surface area (Å²) in [5.74, 6) is 0.461. The van der Waals surface area contributed by atoms with E-state index in [1.807, 2.05) is 6.92 Å². The summed E-state index contributed by atoms with van der Waals surface area (Å²) >= 11 is 0. The fourth-order valence-electron chi connectivity index (χ4n) is 2.54. The Hall–Kier alpha value is -1.52.